The molecule has 3 aromatic carbocycles. The van der Waals surface area contributed by atoms with Gasteiger partial charge in [-0.1, -0.05) is 60.7 Å². The Morgan fingerprint density at radius 3 is 2.44 bits per heavy atom. The molecule has 9 heteroatoms. The first-order valence-corrected chi connectivity index (χ1v) is 15.0. The lowest BCUT2D eigenvalue weighted by molar-refractivity contribution is -0.143. The van der Waals surface area contributed by atoms with Gasteiger partial charge in [0.05, 0.1) is 19.1 Å². The number of carbonyl (C=O) groups is 2. The highest BCUT2D eigenvalue weighted by atomic mass is 31.2. The van der Waals surface area contributed by atoms with Crippen molar-refractivity contribution in [2.24, 2.45) is 0 Å². The van der Waals surface area contributed by atoms with Crippen LogP contribution in [-0.4, -0.2) is 42.2 Å². The molecule has 39 heavy (non-hydrogen) atoms. The van der Waals surface area contributed by atoms with Gasteiger partial charge in [0.15, 0.2) is 0 Å². The number of ether oxygens (including phenoxy) is 1. The van der Waals surface area contributed by atoms with Gasteiger partial charge in [0.2, 0.25) is 5.91 Å². The first kappa shape index (κ1) is 28.6. The van der Waals surface area contributed by atoms with Gasteiger partial charge >= 0.3 is 13.6 Å². The van der Waals surface area contributed by atoms with Gasteiger partial charge in [-0.2, -0.15) is 0 Å². The second kappa shape index (κ2) is 13.6. The summed E-state index contributed by atoms with van der Waals surface area (Å²) in [5.41, 5.74) is 5.38. The molecule has 2 atom stereocenters. The van der Waals surface area contributed by atoms with Crippen LogP contribution in [0, 0.1) is 0 Å². The summed E-state index contributed by atoms with van der Waals surface area (Å²) in [6, 6.07) is 22.4. The molecule has 3 aromatic rings. The predicted molar refractivity (Wildman–Crippen MR) is 151 cm³/mol. The zero-order valence-electron chi connectivity index (χ0n) is 22.1. The van der Waals surface area contributed by atoms with E-state index in [0.29, 0.717) is 5.75 Å². The molecule has 1 aliphatic carbocycles. The standard InChI is InChI=1S/C30H35N2O6P/c1-2-37-29(33)17-18-31-30(34)28(19-22-11-13-25(14-12-22)23-7-4-3-5-8-23)32-21-39(35,36)38-27-16-15-24-9-6-10-26(24)20-27/h3-5,7-8,11-16,20,28,32H,2,6,9-10,17-19,21H2,1H3,(H,31,34)(H,35,36)/t28-/m0/s1. The molecule has 206 valence electrons. The maximum Gasteiger partial charge on any atom is 0.390 e. The van der Waals surface area contributed by atoms with Crippen molar-refractivity contribution in [1.29, 1.82) is 0 Å². The van der Waals surface area contributed by atoms with Crippen LogP contribution in [0.25, 0.3) is 11.1 Å². The molecule has 0 aromatic heterocycles. The molecule has 3 N–H and O–H groups in total. The van der Waals surface area contributed by atoms with E-state index < -0.39 is 25.9 Å². The molecule has 0 bridgehead atoms. The molecule has 0 spiro atoms. The summed E-state index contributed by atoms with van der Waals surface area (Å²) >= 11 is 0. The molecular formula is C30H35N2O6P. The molecule has 0 saturated heterocycles. The highest BCUT2D eigenvalue weighted by Gasteiger charge is 2.27. The second-order valence-electron chi connectivity index (χ2n) is 9.54. The summed E-state index contributed by atoms with van der Waals surface area (Å²) in [6.45, 7) is 2.09. The molecule has 0 heterocycles. The van der Waals surface area contributed by atoms with Crippen LogP contribution in [0.2, 0.25) is 0 Å². The third kappa shape index (κ3) is 8.52. The number of carbonyl (C=O) groups excluding carboxylic acids is 2. The van der Waals surface area contributed by atoms with Crippen molar-refractivity contribution < 1.29 is 28.3 Å². The summed E-state index contributed by atoms with van der Waals surface area (Å²) in [7, 11) is -4.10. The average Bonchev–Trinajstić information content (AvgIpc) is 3.40. The Hall–Kier alpha value is -3.45. The van der Waals surface area contributed by atoms with Crippen molar-refractivity contribution in [3.63, 3.8) is 0 Å². The van der Waals surface area contributed by atoms with Gasteiger partial charge in [-0.15, -0.1) is 0 Å². The van der Waals surface area contributed by atoms with Gasteiger partial charge in [0.1, 0.15) is 12.0 Å². The molecule has 1 aliphatic rings. The topological polar surface area (TPSA) is 114 Å². The lowest BCUT2D eigenvalue weighted by Gasteiger charge is -2.21. The number of fused-ring (bicyclic) bond motifs is 1. The minimum Gasteiger partial charge on any atom is -0.466 e. The maximum atomic E-state index is 13.0. The highest BCUT2D eigenvalue weighted by molar-refractivity contribution is 7.53. The number of nitrogens with one attached hydrogen (secondary N) is 2. The third-order valence-electron chi connectivity index (χ3n) is 6.61. The van der Waals surface area contributed by atoms with Gasteiger partial charge in [0.25, 0.3) is 0 Å². The van der Waals surface area contributed by atoms with Crippen molar-refractivity contribution in [2.45, 2.75) is 45.1 Å². The van der Waals surface area contributed by atoms with E-state index >= 15 is 0 Å². The van der Waals surface area contributed by atoms with Gasteiger partial charge < -0.3 is 19.5 Å². The monoisotopic (exact) mass is 550 g/mol. The minimum atomic E-state index is -4.10. The summed E-state index contributed by atoms with van der Waals surface area (Å²) in [5, 5.41) is 5.65. The summed E-state index contributed by atoms with van der Waals surface area (Å²) in [6.07, 6.45) is 2.90. The molecule has 1 amide bonds. The Bertz CT molecular complexity index is 1310. The van der Waals surface area contributed by atoms with E-state index in [2.05, 4.69) is 10.6 Å². The Kier molecular flexibility index (Phi) is 9.93. The van der Waals surface area contributed by atoms with Crippen molar-refractivity contribution in [2.75, 3.05) is 19.4 Å². The van der Waals surface area contributed by atoms with Crippen LogP contribution >= 0.6 is 7.60 Å². The zero-order valence-corrected chi connectivity index (χ0v) is 23.0. The van der Waals surface area contributed by atoms with Gasteiger partial charge in [-0.25, -0.2) is 4.57 Å². The number of benzene rings is 3. The van der Waals surface area contributed by atoms with E-state index in [1.807, 2.05) is 66.7 Å². The Morgan fingerprint density at radius 2 is 1.69 bits per heavy atom. The average molecular weight is 551 g/mol. The minimum absolute atomic E-state index is 0.0397. The van der Waals surface area contributed by atoms with Gasteiger partial charge in [0, 0.05) is 6.54 Å². The number of esters is 1. The summed E-state index contributed by atoms with van der Waals surface area (Å²) in [4.78, 5) is 35.3. The zero-order chi connectivity index (χ0) is 27.7. The molecule has 4 rings (SSSR count). The van der Waals surface area contributed by atoms with Gasteiger partial charge in [-0.05, 0) is 72.6 Å². The van der Waals surface area contributed by atoms with E-state index in [1.165, 1.54) is 5.56 Å². The lowest BCUT2D eigenvalue weighted by Crippen LogP contribution is -2.46. The quantitative estimate of drug-likeness (QED) is 0.210. The Labute approximate surface area is 229 Å². The van der Waals surface area contributed by atoms with Crippen LogP contribution < -0.4 is 15.2 Å². The number of hydrogen-bond donors (Lipinski definition) is 3. The molecule has 0 saturated carbocycles. The van der Waals surface area contributed by atoms with Crippen molar-refractivity contribution in [1.82, 2.24) is 10.6 Å². The van der Waals surface area contributed by atoms with Gasteiger partial charge in [-0.3, -0.25) is 14.9 Å². The molecular weight excluding hydrogens is 515 g/mol. The van der Waals surface area contributed by atoms with Crippen LogP contribution in [-0.2, 0) is 38.2 Å². The van der Waals surface area contributed by atoms with E-state index in [9.17, 15) is 19.0 Å². The van der Waals surface area contributed by atoms with Crippen LogP contribution in [0.4, 0.5) is 0 Å². The van der Waals surface area contributed by atoms with E-state index in [0.717, 1.165) is 41.5 Å². The Balaban J connectivity index is 1.41. The van der Waals surface area contributed by atoms with Crippen LogP contribution in [0.3, 0.4) is 0 Å². The van der Waals surface area contributed by atoms with Crippen molar-refractivity contribution >= 4 is 19.5 Å². The first-order valence-electron chi connectivity index (χ1n) is 13.3. The second-order valence-corrected chi connectivity index (χ2v) is 11.3. The molecule has 0 radical (unpaired) electrons. The molecule has 0 fully saturated rings. The predicted octanol–water partition coefficient (Wildman–Crippen LogP) is 4.63. The maximum absolute atomic E-state index is 13.0. The third-order valence-corrected chi connectivity index (χ3v) is 7.68. The number of amides is 1. The fourth-order valence-electron chi connectivity index (χ4n) is 4.63. The smallest absolute Gasteiger partial charge is 0.390 e. The number of rotatable bonds is 13. The lowest BCUT2D eigenvalue weighted by atomic mass is 10.0. The van der Waals surface area contributed by atoms with Crippen molar-refractivity contribution in [3.05, 3.63) is 89.5 Å². The molecule has 0 aliphatic heterocycles. The van der Waals surface area contributed by atoms with E-state index in [1.54, 1.807) is 13.0 Å². The highest BCUT2D eigenvalue weighted by Crippen LogP contribution is 2.42. The van der Waals surface area contributed by atoms with Crippen LogP contribution in [0.1, 0.15) is 36.5 Å². The molecule has 1 unspecified atom stereocenters. The van der Waals surface area contributed by atoms with E-state index in [4.69, 9.17) is 9.26 Å². The summed E-state index contributed by atoms with van der Waals surface area (Å²) in [5.74, 6) is -0.444. The fourth-order valence-corrected chi connectivity index (χ4v) is 5.59. The normalized spacial score (nSPS) is 14.6. The van der Waals surface area contributed by atoms with E-state index in [-0.39, 0.29) is 31.9 Å². The number of aryl methyl sites for hydroxylation is 2. The number of hydrogen-bond acceptors (Lipinski definition) is 6. The van der Waals surface area contributed by atoms with Crippen LogP contribution in [0.5, 0.6) is 5.75 Å². The molecule has 8 nitrogen and oxygen atoms in total. The van der Waals surface area contributed by atoms with Crippen LogP contribution in [0.15, 0.2) is 72.8 Å². The fraction of sp³-hybridized carbons (Fsp3) is 0.333. The Morgan fingerprint density at radius 1 is 0.974 bits per heavy atom. The first-order chi connectivity index (χ1) is 18.8. The van der Waals surface area contributed by atoms with Crippen molar-refractivity contribution in [3.8, 4) is 16.9 Å². The largest absolute Gasteiger partial charge is 0.466 e. The SMILES string of the molecule is CCOC(=O)CCNC(=O)[C@H](Cc1ccc(-c2ccccc2)cc1)NCP(=O)(O)Oc1ccc2c(c1)CCC2. The summed E-state index contributed by atoms with van der Waals surface area (Å²) < 4.78 is 23.3.